The fourth-order valence-corrected chi connectivity index (χ4v) is 2.76. The molecule has 0 fully saturated rings. The lowest BCUT2D eigenvalue weighted by Crippen LogP contribution is -2.46. The number of hydrogen-bond acceptors (Lipinski definition) is 2. The predicted molar refractivity (Wildman–Crippen MR) is 86.5 cm³/mol. The summed E-state index contributed by atoms with van der Waals surface area (Å²) in [4.78, 5) is 14.4. The zero-order valence-electron chi connectivity index (χ0n) is 12.6. The number of carbonyl (C=O) groups is 1. The summed E-state index contributed by atoms with van der Waals surface area (Å²) in [5.41, 5.74) is 9.63. The molecule has 112 valence electrons. The van der Waals surface area contributed by atoms with E-state index >= 15 is 0 Å². The summed E-state index contributed by atoms with van der Waals surface area (Å²) < 4.78 is 0. The second-order valence-electron chi connectivity index (χ2n) is 5.96. The van der Waals surface area contributed by atoms with Crippen LogP contribution < -0.4 is 10.6 Å². The van der Waals surface area contributed by atoms with Gasteiger partial charge in [0, 0.05) is 12.2 Å². The lowest BCUT2D eigenvalue weighted by molar-refractivity contribution is -0.120. The van der Waals surface area contributed by atoms with Gasteiger partial charge in [-0.3, -0.25) is 4.79 Å². The van der Waals surface area contributed by atoms with Crippen LogP contribution in [0.2, 0.25) is 0 Å². The van der Waals surface area contributed by atoms with Crippen molar-refractivity contribution in [2.45, 2.75) is 46.1 Å². The molecule has 1 aliphatic rings. The number of nitrogens with zero attached hydrogens (tertiary/aromatic N) is 1. The zero-order valence-corrected chi connectivity index (χ0v) is 13.4. The van der Waals surface area contributed by atoms with Gasteiger partial charge in [-0.1, -0.05) is 31.5 Å². The van der Waals surface area contributed by atoms with E-state index in [1.165, 1.54) is 11.1 Å². The predicted octanol–water partition coefficient (Wildman–Crippen LogP) is 3.07. The molecule has 0 saturated heterocycles. The molecule has 3 nitrogen and oxygen atoms in total. The highest BCUT2D eigenvalue weighted by atomic mass is 35.5. The molecule has 0 aromatic heterocycles. The summed E-state index contributed by atoms with van der Waals surface area (Å²) >= 11 is 0. The van der Waals surface area contributed by atoms with Crippen LogP contribution in [0.5, 0.6) is 0 Å². The van der Waals surface area contributed by atoms with E-state index in [1.807, 2.05) is 4.90 Å². The monoisotopic (exact) mass is 296 g/mol. The number of nitrogens with two attached hydrogens (primary N) is 1. The Hall–Kier alpha value is -1.06. The number of fused-ring (bicyclic) bond motifs is 1. The Labute approximate surface area is 127 Å². The van der Waals surface area contributed by atoms with Crippen LogP contribution >= 0.6 is 12.4 Å². The average Bonchev–Trinajstić information content (AvgIpc) is 2.36. The molecular formula is C16H25ClN2O. The van der Waals surface area contributed by atoms with Crippen LogP contribution in [0.25, 0.3) is 0 Å². The molecule has 4 heteroatoms. The number of carbonyl (C=O) groups excluding carboxylic acids is 1. The molecule has 1 atom stereocenters. The fourth-order valence-electron chi connectivity index (χ4n) is 2.76. The zero-order chi connectivity index (χ0) is 14.0. The molecular weight excluding hydrogens is 272 g/mol. The second kappa shape index (κ2) is 7.09. The number of benzene rings is 1. The van der Waals surface area contributed by atoms with Crippen LogP contribution in [0.4, 0.5) is 5.69 Å². The van der Waals surface area contributed by atoms with Gasteiger partial charge in [-0.05, 0) is 43.7 Å². The lowest BCUT2D eigenvalue weighted by Gasteiger charge is -2.32. The van der Waals surface area contributed by atoms with Gasteiger partial charge in [-0.2, -0.15) is 0 Å². The van der Waals surface area contributed by atoms with Gasteiger partial charge in [0.25, 0.3) is 0 Å². The Morgan fingerprint density at radius 1 is 1.40 bits per heavy atom. The quantitative estimate of drug-likeness (QED) is 0.932. The Morgan fingerprint density at radius 2 is 2.10 bits per heavy atom. The van der Waals surface area contributed by atoms with Gasteiger partial charge in [0.2, 0.25) is 5.91 Å². The number of hydrogen-bond donors (Lipinski definition) is 1. The SMILES string of the molecule is Cc1ccc2c(c1)CCCN2C(=O)C(N)CC(C)C.Cl. The van der Waals surface area contributed by atoms with Gasteiger partial charge in [-0.25, -0.2) is 0 Å². The van der Waals surface area contributed by atoms with Crippen molar-refractivity contribution in [2.24, 2.45) is 11.7 Å². The fraction of sp³-hybridized carbons (Fsp3) is 0.562. The molecule has 1 amide bonds. The van der Waals surface area contributed by atoms with Gasteiger partial charge in [0.15, 0.2) is 0 Å². The number of rotatable bonds is 3. The minimum Gasteiger partial charge on any atom is -0.320 e. The second-order valence-corrected chi connectivity index (χ2v) is 5.96. The summed E-state index contributed by atoms with van der Waals surface area (Å²) in [7, 11) is 0. The van der Waals surface area contributed by atoms with Gasteiger partial charge in [0.05, 0.1) is 6.04 Å². The summed E-state index contributed by atoms with van der Waals surface area (Å²) in [6.45, 7) is 7.08. The highest BCUT2D eigenvalue weighted by Crippen LogP contribution is 2.28. The number of aryl methyl sites for hydroxylation is 2. The van der Waals surface area contributed by atoms with Crippen LogP contribution in [0.15, 0.2) is 18.2 Å². The maximum absolute atomic E-state index is 12.5. The summed E-state index contributed by atoms with van der Waals surface area (Å²) in [6.07, 6.45) is 2.83. The highest BCUT2D eigenvalue weighted by molar-refractivity contribution is 5.98. The Kier molecular flexibility index (Phi) is 6.03. The topological polar surface area (TPSA) is 46.3 Å². The van der Waals surface area contributed by atoms with E-state index in [0.717, 1.165) is 31.5 Å². The average molecular weight is 297 g/mol. The molecule has 1 unspecified atom stereocenters. The molecule has 20 heavy (non-hydrogen) atoms. The molecule has 2 rings (SSSR count). The van der Waals surface area contributed by atoms with Crippen LogP contribution in [0, 0.1) is 12.8 Å². The molecule has 0 spiro atoms. The van der Waals surface area contributed by atoms with Crippen molar-refractivity contribution >= 4 is 24.0 Å². The van der Waals surface area contributed by atoms with Crippen molar-refractivity contribution in [1.29, 1.82) is 0 Å². The minimum absolute atomic E-state index is 0. The molecule has 1 aromatic rings. The molecule has 1 heterocycles. The molecule has 0 aliphatic carbocycles. The first-order valence-electron chi connectivity index (χ1n) is 7.15. The number of anilines is 1. The maximum atomic E-state index is 12.5. The molecule has 2 N–H and O–H groups in total. The van der Waals surface area contributed by atoms with Crippen LogP contribution in [-0.2, 0) is 11.2 Å². The molecule has 1 aromatic carbocycles. The third-order valence-corrected chi connectivity index (χ3v) is 3.66. The van der Waals surface area contributed by atoms with E-state index in [1.54, 1.807) is 0 Å². The Bertz CT molecular complexity index is 474. The first-order valence-corrected chi connectivity index (χ1v) is 7.15. The summed E-state index contributed by atoms with van der Waals surface area (Å²) in [6, 6.07) is 5.93. The van der Waals surface area contributed by atoms with Gasteiger partial charge in [-0.15, -0.1) is 12.4 Å². The van der Waals surface area contributed by atoms with Crippen LogP contribution in [-0.4, -0.2) is 18.5 Å². The normalized spacial score (nSPS) is 15.6. The number of halogens is 1. The summed E-state index contributed by atoms with van der Waals surface area (Å²) in [5, 5.41) is 0. The standard InChI is InChI=1S/C16H24N2O.ClH/c1-11(2)9-14(17)16(19)18-8-4-5-13-10-12(3)6-7-15(13)18;/h6-7,10-11,14H,4-5,8-9,17H2,1-3H3;1H. The molecule has 0 saturated carbocycles. The van der Waals surface area contributed by atoms with Crippen LogP contribution in [0.3, 0.4) is 0 Å². The minimum atomic E-state index is -0.382. The van der Waals surface area contributed by atoms with Crippen molar-refractivity contribution in [3.63, 3.8) is 0 Å². The Morgan fingerprint density at radius 3 is 2.75 bits per heavy atom. The molecule has 0 bridgehead atoms. The third-order valence-electron chi connectivity index (χ3n) is 3.66. The molecule has 0 radical (unpaired) electrons. The van der Waals surface area contributed by atoms with Gasteiger partial charge < -0.3 is 10.6 Å². The molecule has 1 aliphatic heterocycles. The van der Waals surface area contributed by atoms with Crippen molar-refractivity contribution in [3.8, 4) is 0 Å². The summed E-state index contributed by atoms with van der Waals surface area (Å²) in [5.74, 6) is 0.514. The van der Waals surface area contributed by atoms with Crippen molar-refractivity contribution in [1.82, 2.24) is 0 Å². The van der Waals surface area contributed by atoms with E-state index in [-0.39, 0.29) is 24.4 Å². The van der Waals surface area contributed by atoms with Crippen molar-refractivity contribution in [2.75, 3.05) is 11.4 Å². The van der Waals surface area contributed by atoms with E-state index in [0.29, 0.717) is 5.92 Å². The smallest absolute Gasteiger partial charge is 0.243 e. The van der Waals surface area contributed by atoms with E-state index in [4.69, 9.17) is 5.73 Å². The van der Waals surface area contributed by atoms with E-state index in [9.17, 15) is 4.79 Å². The Balaban J connectivity index is 0.00000200. The van der Waals surface area contributed by atoms with Crippen molar-refractivity contribution < 1.29 is 4.79 Å². The third kappa shape index (κ3) is 3.74. The van der Waals surface area contributed by atoms with E-state index in [2.05, 4.69) is 39.0 Å². The van der Waals surface area contributed by atoms with E-state index < -0.39 is 0 Å². The van der Waals surface area contributed by atoms with Gasteiger partial charge >= 0.3 is 0 Å². The largest absolute Gasteiger partial charge is 0.320 e. The van der Waals surface area contributed by atoms with Crippen molar-refractivity contribution in [3.05, 3.63) is 29.3 Å². The lowest BCUT2D eigenvalue weighted by atomic mass is 9.97. The maximum Gasteiger partial charge on any atom is 0.243 e. The van der Waals surface area contributed by atoms with Crippen LogP contribution in [0.1, 0.15) is 37.8 Å². The first-order chi connectivity index (χ1) is 8.99. The van der Waals surface area contributed by atoms with Gasteiger partial charge in [0.1, 0.15) is 0 Å². The number of amides is 1. The highest BCUT2D eigenvalue weighted by Gasteiger charge is 2.26. The first kappa shape index (κ1) is 17.0.